The van der Waals surface area contributed by atoms with Gasteiger partial charge >= 0.3 is 11.9 Å². The number of carboxylic acid groups (broad SMARTS) is 1. The minimum atomic E-state index is -0.786. The Morgan fingerprint density at radius 1 is 0.442 bits per heavy atom. The van der Waals surface area contributed by atoms with Gasteiger partial charge in [0.15, 0.2) is 0 Å². The lowest BCUT2D eigenvalue weighted by Gasteiger charge is -2.05. The molecule has 0 aliphatic rings. The van der Waals surface area contributed by atoms with E-state index in [1.54, 1.807) is 0 Å². The fourth-order valence-corrected chi connectivity index (χ4v) is 6.63. The Labute approximate surface area is 273 Å². The molecule has 0 fully saturated rings. The molecule has 0 aliphatic carbocycles. The largest absolute Gasteiger partial charge is 0.481 e. The highest BCUT2D eigenvalue weighted by atomic mass is 32.2. The lowest BCUT2D eigenvalue weighted by atomic mass is 10.0. The quantitative estimate of drug-likeness (QED) is 0.0549. The lowest BCUT2D eigenvalue weighted by molar-refractivity contribution is -0.143. The summed E-state index contributed by atoms with van der Waals surface area (Å²) in [7, 11) is 0. The number of hydrogen-bond acceptors (Lipinski definition) is 4. The number of rotatable bonds is 37. The molecule has 0 saturated heterocycles. The van der Waals surface area contributed by atoms with Crippen molar-refractivity contribution in [2.75, 3.05) is 18.1 Å². The average molecular weight is 627 g/mol. The molecule has 0 rings (SSSR count). The van der Waals surface area contributed by atoms with Crippen LogP contribution in [0.25, 0.3) is 0 Å². The molecule has 256 valence electrons. The molecular formula is C38H74O4S. The third-order valence-electron chi connectivity index (χ3n) is 8.67. The maximum Gasteiger partial charge on any atom is 0.306 e. The molecule has 0 aromatic heterocycles. The maximum absolute atomic E-state index is 11.7. The van der Waals surface area contributed by atoms with Crippen molar-refractivity contribution in [3.63, 3.8) is 0 Å². The van der Waals surface area contributed by atoms with Crippen LogP contribution in [0.4, 0.5) is 0 Å². The fraction of sp³-hybridized carbons (Fsp3) is 0.947. The molecule has 0 heterocycles. The molecule has 4 nitrogen and oxygen atoms in total. The first-order valence-electron chi connectivity index (χ1n) is 19.1. The average Bonchev–Trinajstić information content (AvgIpc) is 2.99. The molecule has 0 aliphatic heterocycles. The van der Waals surface area contributed by atoms with Gasteiger partial charge in [-0.15, -0.1) is 0 Å². The summed E-state index contributed by atoms with van der Waals surface area (Å²) in [5, 5.41) is 8.59. The third kappa shape index (κ3) is 39.3. The van der Waals surface area contributed by atoms with Gasteiger partial charge < -0.3 is 9.84 Å². The molecule has 0 spiro atoms. The van der Waals surface area contributed by atoms with Crippen LogP contribution < -0.4 is 0 Å². The van der Waals surface area contributed by atoms with E-state index in [1.165, 1.54) is 192 Å². The molecular weight excluding hydrogens is 552 g/mol. The second-order valence-corrected chi connectivity index (χ2v) is 14.2. The summed E-state index contributed by atoms with van der Waals surface area (Å²) >= 11 is 1.50. The van der Waals surface area contributed by atoms with E-state index < -0.39 is 5.97 Å². The molecule has 0 saturated carbocycles. The van der Waals surface area contributed by atoms with Gasteiger partial charge in [-0.05, 0) is 6.42 Å². The Bertz CT molecular complexity index is 568. The molecule has 0 radical (unpaired) electrons. The highest BCUT2D eigenvalue weighted by molar-refractivity contribution is 7.99. The van der Waals surface area contributed by atoms with E-state index in [-0.39, 0.29) is 12.4 Å². The van der Waals surface area contributed by atoms with Crippen molar-refractivity contribution in [1.29, 1.82) is 0 Å². The van der Waals surface area contributed by atoms with E-state index in [0.29, 0.717) is 24.5 Å². The van der Waals surface area contributed by atoms with Crippen LogP contribution in [0.1, 0.15) is 212 Å². The first-order valence-corrected chi connectivity index (χ1v) is 20.3. The predicted octanol–water partition coefficient (Wildman–Crippen LogP) is 12.9. The van der Waals surface area contributed by atoms with Crippen molar-refractivity contribution in [3.8, 4) is 0 Å². The lowest BCUT2D eigenvalue weighted by Crippen LogP contribution is -2.07. The van der Waals surface area contributed by atoms with Crippen LogP contribution in [0, 0.1) is 0 Å². The van der Waals surface area contributed by atoms with Gasteiger partial charge in [-0.25, -0.2) is 0 Å². The zero-order valence-electron chi connectivity index (χ0n) is 28.8. The number of ether oxygens (including phenoxy) is 1. The summed E-state index contributed by atoms with van der Waals surface area (Å²) in [5.74, 6) is 0.262. The highest BCUT2D eigenvalue weighted by Crippen LogP contribution is 2.16. The van der Waals surface area contributed by atoms with Crippen LogP contribution in [0.2, 0.25) is 0 Å². The van der Waals surface area contributed by atoms with E-state index in [9.17, 15) is 9.59 Å². The van der Waals surface area contributed by atoms with Gasteiger partial charge in [0, 0.05) is 11.5 Å². The standard InChI is InChI=1S/C38H74O4S/c1-2-3-4-5-6-7-8-9-10-11-12-13-14-15-16-17-18-19-20-21-22-23-24-25-26-27-28-29-30-31-34-42-38(41)33-36-43-35-32-37(39)40/h2-36H2,1H3,(H,39,40). The Kier molecular flexibility index (Phi) is 36.9. The zero-order valence-corrected chi connectivity index (χ0v) is 29.6. The summed E-state index contributed by atoms with van der Waals surface area (Å²) < 4.78 is 5.26. The van der Waals surface area contributed by atoms with Gasteiger partial charge in [0.1, 0.15) is 0 Å². The van der Waals surface area contributed by atoms with Crippen LogP contribution in [-0.2, 0) is 14.3 Å². The molecule has 0 bridgehead atoms. The number of hydrogen-bond donors (Lipinski definition) is 1. The molecule has 0 amide bonds. The molecule has 0 aromatic rings. The van der Waals surface area contributed by atoms with Crippen molar-refractivity contribution in [2.24, 2.45) is 0 Å². The Morgan fingerprint density at radius 2 is 0.721 bits per heavy atom. The summed E-state index contributed by atoms with van der Waals surface area (Å²) in [6.07, 6.45) is 42.6. The number of carboxylic acids is 1. The summed E-state index contributed by atoms with van der Waals surface area (Å²) in [5.41, 5.74) is 0. The first-order chi connectivity index (χ1) is 21.2. The summed E-state index contributed by atoms with van der Waals surface area (Å²) in [6, 6.07) is 0. The number of thioether (sulfide) groups is 1. The number of aliphatic carboxylic acids is 1. The van der Waals surface area contributed by atoms with E-state index >= 15 is 0 Å². The van der Waals surface area contributed by atoms with Crippen molar-refractivity contribution in [1.82, 2.24) is 0 Å². The van der Waals surface area contributed by atoms with Crippen LogP contribution in [0.5, 0.6) is 0 Å². The second-order valence-electron chi connectivity index (χ2n) is 13.0. The molecule has 5 heteroatoms. The molecule has 43 heavy (non-hydrogen) atoms. The SMILES string of the molecule is CCCCCCCCCCCCCCCCCCCCCCCCCCCCCCCCOC(=O)CCSCCC(=O)O. The maximum atomic E-state index is 11.7. The number of carbonyl (C=O) groups is 2. The van der Waals surface area contributed by atoms with E-state index in [2.05, 4.69) is 6.92 Å². The van der Waals surface area contributed by atoms with Crippen molar-refractivity contribution in [2.45, 2.75) is 212 Å². The van der Waals surface area contributed by atoms with Crippen LogP contribution in [-0.4, -0.2) is 35.2 Å². The van der Waals surface area contributed by atoms with Gasteiger partial charge in [0.05, 0.1) is 19.4 Å². The Morgan fingerprint density at radius 3 is 1.02 bits per heavy atom. The monoisotopic (exact) mass is 627 g/mol. The van der Waals surface area contributed by atoms with E-state index in [1.807, 2.05) is 0 Å². The second kappa shape index (κ2) is 37.5. The normalized spacial score (nSPS) is 11.3. The van der Waals surface area contributed by atoms with Gasteiger partial charge in [-0.3, -0.25) is 9.59 Å². The van der Waals surface area contributed by atoms with Crippen LogP contribution in [0.3, 0.4) is 0 Å². The van der Waals surface area contributed by atoms with Gasteiger partial charge in [0.2, 0.25) is 0 Å². The molecule has 0 aromatic carbocycles. The third-order valence-corrected chi connectivity index (χ3v) is 9.66. The van der Waals surface area contributed by atoms with E-state index in [4.69, 9.17) is 9.84 Å². The van der Waals surface area contributed by atoms with Crippen molar-refractivity contribution < 1.29 is 19.4 Å². The van der Waals surface area contributed by atoms with Crippen molar-refractivity contribution in [3.05, 3.63) is 0 Å². The Hall–Kier alpha value is -0.710. The first kappa shape index (κ1) is 42.3. The van der Waals surface area contributed by atoms with Gasteiger partial charge in [0.25, 0.3) is 0 Å². The van der Waals surface area contributed by atoms with Gasteiger partial charge in [-0.2, -0.15) is 11.8 Å². The number of carbonyl (C=O) groups excluding carboxylic acids is 1. The number of esters is 1. The van der Waals surface area contributed by atoms with Gasteiger partial charge in [-0.1, -0.05) is 193 Å². The van der Waals surface area contributed by atoms with Crippen LogP contribution >= 0.6 is 11.8 Å². The Balaban J connectivity index is 3.10. The fourth-order valence-electron chi connectivity index (χ4n) is 5.80. The number of unbranched alkanes of at least 4 members (excludes halogenated alkanes) is 29. The van der Waals surface area contributed by atoms with Crippen LogP contribution in [0.15, 0.2) is 0 Å². The zero-order chi connectivity index (χ0) is 31.3. The molecule has 1 N–H and O–H groups in total. The van der Waals surface area contributed by atoms with Crippen molar-refractivity contribution >= 4 is 23.7 Å². The minimum absolute atomic E-state index is 0.152. The minimum Gasteiger partial charge on any atom is -0.481 e. The van der Waals surface area contributed by atoms with E-state index in [0.717, 1.165) is 12.8 Å². The summed E-state index contributed by atoms with van der Waals surface area (Å²) in [4.78, 5) is 22.1. The molecule has 0 atom stereocenters. The highest BCUT2D eigenvalue weighted by Gasteiger charge is 2.04. The smallest absolute Gasteiger partial charge is 0.306 e. The predicted molar refractivity (Wildman–Crippen MR) is 189 cm³/mol. The molecule has 0 unspecified atom stereocenters. The topological polar surface area (TPSA) is 63.6 Å². The summed E-state index contributed by atoms with van der Waals surface area (Å²) in [6.45, 7) is 2.82.